The number of esters is 1. The fraction of sp³-hybridized carbons (Fsp3) is 0.462. The van der Waals surface area contributed by atoms with Crippen molar-refractivity contribution in [2.75, 3.05) is 12.4 Å². The molecule has 1 rings (SSSR count). The molecule has 0 spiro atoms. The lowest BCUT2D eigenvalue weighted by molar-refractivity contribution is -0.141. The van der Waals surface area contributed by atoms with Gasteiger partial charge in [0.2, 0.25) is 0 Å². The van der Waals surface area contributed by atoms with E-state index in [1.54, 1.807) is 0 Å². The molecule has 0 radical (unpaired) electrons. The fourth-order valence-corrected chi connectivity index (χ4v) is 1.65. The van der Waals surface area contributed by atoms with Crippen LogP contribution in [-0.4, -0.2) is 19.1 Å². The van der Waals surface area contributed by atoms with Gasteiger partial charge in [0.25, 0.3) is 0 Å². The van der Waals surface area contributed by atoms with E-state index in [2.05, 4.69) is 10.1 Å². The highest BCUT2D eigenvalue weighted by Crippen LogP contribution is 2.22. The van der Waals surface area contributed by atoms with Gasteiger partial charge in [-0.3, -0.25) is 0 Å². The summed E-state index contributed by atoms with van der Waals surface area (Å²) in [7, 11) is 1.19. The van der Waals surface area contributed by atoms with Crippen LogP contribution in [0, 0.1) is 17.5 Å². The maximum Gasteiger partial charge on any atom is 0.328 e. The summed E-state index contributed by atoms with van der Waals surface area (Å²) < 4.78 is 44.3. The van der Waals surface area contributed by atoms with Gasteiger partial charge in [0.1, 0.15) is 17.5 Å². The van der Waals surface area contributed by atoms with E-state index >= 15 is 0 Å². The number of hydrogen-bond donors (Lipinski definition) is 1. The second kappa shape index (κ2) is 7.01. The average Bonchev–Trinajstić information content (AvgIpc) is 2.36. The molecule has 1 aromatic rings. The number of methoxy groups -OCH3 is 1. The van der Waals surface area contributed by atoms with E-state index < -0.39 is 35.2 Å². The highest BCUT2D eigenvalue weighted by atomic mass is 19.1. The molecule has 0 heterocycles. The van der Waals surface area contributed by atoms with Crippen LogP contribution in [0.15, 0.2) is 12.1 Å². The summed E-state index contributed by atoms with van der Waals surface area (Å²) in [4.78, 5) is 11.5. The van der Waals surface area contributed by atoms with Gasteiger partial charge in [-0.1, -0.05) is 19.8 Å². The number of halogens is 3. The van der Waals surface area contributed by atoms with Crippen LogP contribution in [0.5, 0.6) is 0 Å². The standard InChI is InChI=1S/C13H16F3NO2/c1-3-4-5-11(13(18)19-2)17-12-9(15)6-8(14)7-10(12)16/h6-7,11,17H,3-5H2,1-2H3. The number of hydrogen-bond acceptors (Lipinski definition) is 3. The Bertz CT molecular complexity index is 429. The summed E-state index contributed by atoms with van der Waals surface area (Å²) >= 11 is 0. The minimum atomic E-state index is -1.08. The topological polar surface area (TPSA) is 38.3 Å². The Kier molecular flexibility index (Phi) is 5.66. The minimum Gasteiger partial charge on any atom is -0.467 e. The molecule has 0 saturated carbocycles. The lowest BCUT2D eigenvalue weighted by Gasteiger charge is -2.18. The lowest BCUT2D eigenvalue weighted by Crippen LogP contribution is -2.31. The Balaban J connectivity index is 2.92. The van der Waals surface area contributed by atoms with E-state index in [1.165, 1.54) is 7.11 Å². The van der Waals surface area contributed by atoms with Crippen molar-refractivity contribution >= 4 is 11.7 Å². The van der Waals surface area contributed by atoms with E-state index in [4.69, 9.17) is 0 Å². The molecule has 3 nitrogen and oxygen atoms in total. The van der Waals surface area contributed by atoms with Crippen LogP contribution in [0.4, 0.5) is 18.9 Å². The highest BCUT2D eigenvalue weighted by Gasteiger charge is 2.22. The number of ether oxygens (including phenoxy) is 1. The molecule has 0 aliphatic heterocycles. The second-order valence-electron chi connectivity index (χ2n) is 4.11. The van der Waals surface area contributed by atoms with Crippen LogP contribution in [0.25, 0.3) is 0 Å². The third-order valence-electron chi connectivity index (χ3n) is 2.66. The van der Waals surface area contributed by atoms with Crippen molar-refractivity contribution in [1.82, 2.24) is 0 Å². The van der Waals surface area contributed by atoms with Crippen molar-refractivity contribution in [2.24, 2.45) is 0 Å². The summed E-state index contributed by atoms with van der Waals surface area (Å²) in [5.41, 5.74) is -0.520. The number of nitrogens with one attached hydrogen (secondary N) is 1. The quantitative estimate of drug-likeness (QED) is 0.810. The zero-order valence-electron chi connectivity index (χ0n) is 10.8. The molecular formula is C13H16F3NO2. The monoisotopic (exact) mass is 275 g/mol. The van der Waals surface area contributed by atoms with Gasteiger partial charge >= 0.3 is 5.97 Å². The van der Waals surface area contributed by atoms with Crippen LogP contribution in [-0.2, 0) is 9.53 Å². The molecule has 1 unspecified atom stereocenters. The van der Waals surface area contributed by atoms with E-state index in [9.17, 15) is 18.0 Å². The largest absolute Gasteiger partial charge is 0.467 e. The first kappa shape index (κ1) is 15.3. The van der Waals surface area contributed by atoms with Gasteiger partial charge in [-0.05, 0) is 6.42 Å². The van der Waals surface area contributed by atoms with Gasteiger partial charge in [0.05, 0.1) is 7.11 Å². The van der Waals surface area contributed by atoms with Crippen molar-refractivity contribution in [1.29, 1.82) is 0 Å². The molecule has 0 aliphatic rings. The van der Waals surface area contributed by atoms with Crippen molar-refractivity contribution in [3.63, 3.8) is 0 Å². The molecule has 6 heteroatoms. The van der Waals surface area contributed by atoms with Crippen molar-refractivity contribution in [3.8, 4) is 0 Å². The van der Waals surface area contributed by atoms with Gasteiger partial charge in [0, 0.05) is 12.1 Å². The molecule has 19 heavy (non-hydrogen) atoms. The zero-order chi connectivity index (χ0) is 14.4. The molecule has 1 atom stereocenters. The van der Waals surface area contributed by atoms with Crippen molar-refractivity contribution < 1.29 is 22.7 Å². The number of carbonyl (C=O) groups excluding carboxylic acids is 1. The number of benzene rings is 1. The first-order chi connectivity index (χ1) is 8.99. The Morgan fingerprint density at radius 1 is 1.32 bits per heavy atom. The van der Waals surface area contributed by atoms with E-state index in [1.807, 2.05) is 6.92 Å². The molecular weight excluding hydrogens is 259 g/mol. The molecule has 1 N–H and O–H groups in total. The van der Waals surface area contributed by atoms with Gasteiger partial charge in [-0.25, -0.2) is 18.0 Å². The van der Waals surface area contributed by atoms with Crippen LogP contribution < -0.4 is 5.32 Å². The fourth-order valence-electron chi connectivity index (χ4n) is 1.65. The molecule has 0 amide bonds. The third kappa shape index (κ3) is 4.15. The Labute approximate surface area is 109 Å². The molecule has 106 valence electrons. The first-order valence-corrected chi connectivity index (χ1v) is 5.98. The predicted octanol–water partition coefficient (Wildman–Crippen LogP) is 3.25. The van der Waals surface area contributed by atoms with E-state index in [-0.39, 0.29) is 0 Å². The van der Waals surface area contributed by atoms with Crippen molar-refractivity contribution in [3.05, 3.63) is 29.6 Å². The first-order valence-electron chi connectivity index (χ1n) is 5.98. The summed E-state index contributed by atoms with van der Waals surface area (Å²) in [6.07, 6.45) is 1.89. The average molecular weight is 275 g/mol. The van der Waals surface area contributed by atoms with Crippen molar-refractivity contribution in [2.45, 2.75) is 32.2 Å². The number of rotatable bonds is 6. The maximum absolute atomic E-state index is 13.5. The highest BCUT2D eigenvalue weighted by molar-refractivity contribution is 5.79. The second-order valence-corrected chi connectivity index (χ2v) is 4.11. The molecule has 0 fully saturated rings. The zero-order valence-corrected chi connectivity index (χ0v) is 10.8. The molecule has 0 saturated heterocycles. The summed E-state index contributed by atoms with van der Waals surface area (Å²) in [5.74, 6) is -3.79. The number of unbranched alkanes of at least 4 members (excludes halogenated alkanes) is 1. The van der Waals surface area contributed by atoms with Crippen LogP contribution >= 0.6 is 0 Å². The number of carbonyl (C=O) groups is 1. The third-order valence-corrected chi connectivity index (χ3v) is 2.66. The SMILES string of the molecule is CCCCC(Nc1c(F)cc(F)cc1F)C(=O)OC. The molecule has 0 aliphatic carbocycles. The molecule has 0 bridgehead atoms. The summed E-state index contributed by atoms with van der Waals surface area (Å²) in [6.45, 7) is 1.92. The Hall–Kier alpha value is -1.72. The maximum atomic E-state index is 13.5. The van der Waals surface area contributed by atoms with Gasteiger partial charge in [-0.2, -0.15) is 0 Å². The Morgan fingerprint density at radius 2 is 1.89 bits per heavy atom. The van der Waals surface area contributed by atoms with Gasteiger partial charge in [-0.15, -0.1) is 0 Å². The predicted molar refractivity (Wildman–Crippen MR) is 65.3 cm³/mol. The number of anilines is 1. The Morgan fingerprint density at radius 3 is 2.37 bits per heavy atom. The van der Waals surface area contributed by atoms with Crippen LogP contribution in [0.3, 0.4) is 0 Å². The molecule has 1 aromatic carbocycles. The van der Waals surface area contributed by atoms with E-state index in [0.717, 1.165) is 6.42 Å². The normalized spacial score (nSPS) is 12.1. The van der Waals surface area contributed by atoms with Crippen LogP contribution in [0.2, 0.25) is 0 Å². The van der Waals surface area contributed by atoms with Gasteiger partial charge < -0.3 is 10.1 Å². The lowest BCUT2D eigenvalue weighted by atomic mass is 10.1. The van der Waals surface area contributed by atoms with Crippen LogP contribution in [0.1, 0.15) is 26.2 Å². The summed E-state index contributed by atoms with van der Waals surface area (Å²) in [5, 5.41) is 2.44. The summed E-state index contributed by atoms with van der Waals surface area (Å²) in [6, 6.07) is 0.249. The van der Waals surface area contributed by atoms with E-state index in [0.29, 0.717) is 25.0 Å². The van der Waals surface area contributed by atoms with Gasteiger partial charge in [0.15, 0.2) is 11.6 Å². The molecule has 0 aromatic heterocycles. The minimum absolute atomic E-state index is 0.374. The smallest absolute Gasteiger partial charge is 0.328 e.